The predicted octanol–water partition coefficient (Wildman–Crippen LogP) is 4.40. The van der Waals surface area contributed by atoms with Gasteiger partial charge in [-0.25, -0.2) is 4.68 Å². The van der Waals surface area contributed by atoms with Crippen LogP contribution in [0.3, 0.4) is 0 Å². The zero-order chi connectivity index (χ0) is 27.9. The van der Waals surface area contributed by atoms with E-state index in [1.54, 1.807) is 20.9 Å². The average Bonchev–Trinajstić information content (AvgIpc) is 3.76. The van der Waals surface area contributed by atoms with Gasteiger partial charge in [0.25, 0.3) is 0 Å². The van der Waals surface area contributed by atoms with Crippen LogP contribution in [0.2, 0.25) is 0 Å². The van der Waals surface area contributed by atoms with Crippen LogP contribution in [-0.2, 0) is 27.4 Å². The highest BCUT2D eigenvalue weighted by Crippen LogP contribution is 2.28. The van der Waals surface area contributed by atoms with Crippen molar-refractivity contribution < 1.29 is 14.3 Å². The molecular formula is C30H36N6O3S. The average molecular weight is 561 g/mol. The molecular weight excluding hydrogens is 524 g/mol. The van der Waals surface area contributed by atoms with Gasteiger partial charge in [0.05, 0.1) is 18.2 Å². The van der Waals surface area contributed by atoms with E-state index in [0.717, 1.165) is 53.1 Å². The Morgan fingerprint density at radius 3 is 2.60 bits per heavy atom. The molecule has 0 radical (unpaired) electrons. The highest BCUT2D eigenvalue weighted by atomic mass is 32.1. The van der Waals surface area contributed by atoms with Gasteiger partial charge in [-0.1, -0.05) is 35.5 Å². The molecule has 2 aromatic heterocycles. The fourth-order valence-corrected chi connectivity index (χ4v) is 5.90. The number of anilines is 1. The lowest BCUT2D eigenvalue weighted by atomic mass is 10.0. The minimum absolute atomic E-state index is 0.00222. The molecule has 3 heterocycles. The number of para-hydroxylation sites is 1. The number of fused-ring (bicyclic) bond motifs is 1. The molecule has 0 bridgehead atoms. The summed E-state index contributed by atoms with van der Waals surface area (Å²) in [6.07, 6.45) is 1.91. The van der Waals surface area contributed by atoms with Gasteiger partial charge in [0.1, 0.15) is 18.1 Å². The number of benzene rings is 2. The van der Waals surface area contributed by atoms with E-state index < -0.39 is 6.04 Å². The molecule has 1 fully saturated rings. The highest BCUT2D eigenvalue weighted by molar-refractivity contribution is 7.09. The number of thiophene rings is 1. The second kappa shape index (κ2) is 13.1. The van der Waals surface area contributed by atoms with Crippen LogP contribution in [0.1, 0.15) is 43.2 Å². The van der Waals surface area contributed by atoms with Crippen LogP contribution < -0.4 is 10.2 Å². The third kappa shape index (κ3) is 6.34. The van der Waals surface area contributed by atoms with E-state index in [0.29, 0.717) is 19.7 Å². The van der Waals surface area contributed by atoms with Crippen LogP contribution in [0.25, 0.3) is 11.0 Å². The van der Waals surface area contributed by atoms with E-state index in [4.69, 9.17) is 4.74 Å². The van der Waals surface area contributed by atoms with Crippen molar-refractivity contribution in [1.82, 2.24) is 25.2 Å². The molecule has 5 rings (SSSR count). The molecule has 1 aliphatic heterocycles. The monoisotopic (exact) mass is 560 g/mol. The highest BCUT2D eigenvalue weighted by Gasteiger charge is 2.33. The van der Waals surface area contributed by atoms with Gasteiger partial charge in [-0.2, -0.15) is 0 Å². The van der Waals surface area contributed by atoms with E-state index in [-0.39, 0.29) is 24.5 Å². The van der Waals surface area contributed by atoms with Gasteiger partial charge in [0.2, 0.25) is 11.8 Å². The van der Waals surface area contributed by atoms with Crippen molar-refractivity contribution in [2.24, 2.45) is 0 Å². The van der Waals surface area contributed by atoms with Crippen LogP contribution >= 0.6 is 11.3 Å². The number of nitrogens with one attached hydrogen (secondary N) is 1. The predicted molar refractivity (Wildman–Crippen MR) is 157 cm³/mol. The quantitative estimate of drug-likeness (QED) is 0.276. The van der Waals surface area contributed by atoms with Crippen LogP contribution in [0.15, 0.2) is 66.0 Å². The number of hydrogen-bond donors (Lipinski definition) is 1. The molecule has 1 aliphatic rings. The molecule has 2 amide bonds. The first kappa shape index (κ1) is 27.8. The zero-order valence-electron chi connectivity index (χ0n) is 23.0. The molecule has 4 aromatic rings. The number of carbonyl (C=O) groups excluding carboxylic acids is 2. The lowest BCUT2D eigenvalue weighted by molar-refractivity contribution is -0.142. The van der Waals surface area contributed by atoms with Gasteiger partial charge in [-0.3, -0.25) is 9.59 Å². The van der Waals surface area contributed by atoms with Crippen molar-refractivity contribution in [3.05, 3.63) is 76.5 Å². The van der Waals surface area contributed by atoms with Gasteiger partial charge in [0.15, 0.2) is 0 Å². The first-order valence-electron chi connectivity index (χ1n) is 13.9. The second-order valence-corrected chi connectivity index (χ2v) is 10.9. The van der Waals surface area contributed by atoms with Gasteiger partial charge < -0.3 is 19.9 Å². The van der Waals surface area contributed by atoms with E-state index in [1.165, 1.54) is 0 Å². The minimum Gasteiger partial charge on any atom is -0.376 e. The number of amides is 2. The summed E-state index contributed by atoms with van der Waals surface area (Å²) in [5, 5.41) is 13.5. The Kier molecular flexibility index (Phi) is 9.08. The van der Waals surface area contributed by atoms with E-state index in [9.17, 15) is 9.59 Å². The largest absolute Gasteiger partial charge is 0.376 e. The van der Waals surface area contributed by atoms with Crippen LogP contribution in [0.5, 0.6) is 0 Å². The molecule has 10 heteroatoms. The van der Waals surface area contributed by atoms with Crippen LogP contribution in [-0.4, -0.2) is 64.1 Å². The summed E-state index contributed by atoms with van der Waals surface area (Å²) >= 11 is 1.56. The molecule has 210 valence electrons. The Labute approximate surface area is 238 Å². The molecule has 0 unspecified atom stereocenters. The topological polar surface area (TPSA) is 92.6 Å². The third-order valence-electron chi connectivity index (χ3n) is 7.36. The molecule has 0 spiro atoms. The summed E-state index contributed by atoms with van der Waals surface area (Å²) in [7, 11) is 0. The van der Waals surface area contributed by atoms with E-state index in [1.807, 2.05) is 66.0 Å². The summed E-state index contributed by atoms with van der Waals surface area (Å²) in [6, 6.07) is 18.7. The van der Waals surface area contributed by atoms with Crippen molar-refractivity contribution in [2.45, 2.75) is 51.9 Å². The summed E-state index contributed by atoms with van der Waals surface area (Å²) in [4.78, 5) is 32.9. The summed E-state index contributed by atoms with van der Waals surface area (Å²) < 4.78 is 7.34. The number of hydrogen-bond acceptors (Lipinski definition) is 7. The maximum Gasteiger partial charge on any atom is 0.247 e. The van der Waals surface area contributed by atoms with Crippen molar-refractivity contribution >= 4 is 39.9 Å². The fourth-order valence-electron chi connectivity index (χ4n) is 5.19. The van der Waals surface area contributed by atoms with Crippen LogP contribution in [0, 0.1) is 0 Å². The zero-order valence-corrected chi connectivity index (χ0v) is 23.8. The van der Waals surface area contributed by atoms with Gasteiger partial charge >= 0.3 is 0 Å². The Morgan fingerprint density at radius 1 is 1.10 bits per heavy atom. The SMILES string of the molecule is CCN(CC)c1ccc([C@@H](C(=O)NC[C@@H]2CCCO2)N(Cc2cccs2)C(=O)Cn2nnc3ccccc32)cc1. The first-order valence-corrected chi connectivity index (χ1v) is 14.8. The van der Waals surface area contributed by atoms with Crippen molar-refractivity contribution in [2.75, 3.05) is 31.1 Å². The molecule has 0 saturated carbocycles. The Hall–Kier alpha value is -3.76. The van der Waals surface area contributed by atoms with Gasteiger partial charge in [-0.05, 0) is 68.0 Å². The molecule has 2 atom stereocenters. The molecule has 40 heavy (non-hydrogen) atoms. The smallest absolute Gasteiger partial charge is 0.247 e. The number of rotatable bonds is 12. The summed E-state index contributed by atoms with van der Waals surface area (Å²) in [5.74, 6) is -0.436. The van der Waals surface area contributed by atoms with Crippen LogP contribution in [0.4, 0.5) is 5.69 Å². The Balaban J connectivity index is 1.48. The molecule has 9 nitrogen and oxygen atoms in total. The Bertz CT molecular complexity index is 1390. The number of aromatic nitrogens is 3. The minimum atomic E-state index is -0.823. The number of carbonyl (C=O) groups is 2. The van der Waals surface area contributed by atoms with E-state index in [2.05, 4.69) is 34.4 Å². The maximum absolute atomic E-state index is 14.1. The molecule has 1 saturated heterocycles. The lowest BCUT2D eigenvalue weighted by Gasteiger charge is -2.32. The number of ether oxygens (including phenoxy) is 1. The first-order chi connectivity index (χ1) is 19.6. The summed E-state index contributed by atoms with van der Waals surface area (Å²) in [6.45, 7) is 7.42. The second-order valence-electron chi connectivity index (χ2n) is 9.88. The Morgan fingerprint density at radius 2 is 1.90 bits per heavy atom. The van der Waals surface area contributed by atoms with E-state index >= 15 is 0 Å². The van der Waals surface area contributed by atoms with Crippen molar-refractivity contribution in [3.8, 4) is 0 Å². The molecule has 1 N–H and O–H groups in total. The number of nitrogens with zero attached hydrogens (tertiary/aromatic N) is 5. The van der Waals surface area contributed by atoms with Gasteiger partial charge in [-0.15, -0.1) is 16.4 Å². The van der Waals surface area contributed by atoms with Crippen molar-refractivity contribution in [3.63, 3.8) is 0 Å². The summed E-state index contributed by atoms with van der Waals surface area (Å²) in [5.41, 5.74) is 3.33. The lowest BCUT2D eigenvalue weighted by Crippen LogP contribution is -2.46. The third-order valence-corrected chi connectivity index (χ3v) is 8.22. The van der Waals surface area contributed by atoms with Gasteiger partial charge in [0, 0.05) is 36.8 Å². The normalized spacial score (nSPS) is 15.7. The standard InChI is InChI=1S/C30H36N6O3S/c1-3-34(4-2)23-15-13-22(14-16-23)29(30(38)31-19-24-9-7-17-39-24)35(20-25-10-8-18-40-25)28(37)21-36-27-12-6-5-11-26(27)32-33-36/h5-6,8,10-16,18,24,29H,3-4,7,9,17,19-21H2,1-2H3,(H,31,38)/t24-,29-/m0/s1. The van der Waals surface area contributed by atoms with Crippen molar-refractivity contribution in [1.29, 1.82) is 0 Å². The molecule has 2 aromatic carbocycles. The maximum atomic E-state index is 14.1. The fraction of sp³-hybridized carbons (Fsp3) is 0.400. The molecule has 0 aliphatic carbocycles.